The van der Waals surface area contributed by atoms with Crippen molar-refractivity contribution >= 4 is 24.1 Å². The molecular weight excluding hydrogens is 422 g/mol. The van der Waals surface area contributed by atoms with Gasteiger partial charge in [-0.1, -0.05) is 19.9 Å². The third kappa shape index (κ3) is 8.18. The van der Waals surface area contributed by atoms with Crippen LogP contribution in [0.3, 0.4) is 0 Å². The number of hydrogen-bond donors (Lipinski definition) is 2. The average Bonchev–Trinajstić information content (AvgIpc) is 2.61. The molecule has 178 valence electrons. The van der Waals surface area contributed by atoms with E-state index in [1.165, 1.54) is 32.0 Å². The predicted molar refractivity (Wildman–Crippen MR) is 113 cm³/mol. The molecule has 1 aromatic carbocycles. The minimum atomic E-state index is -2.17. The molecule has 0 fully saturated rings. The molecule has 10 heteroatoms. The van der Waals surface area contributed by atoms with E-state index in [1.807, 2.05) is 13.8 Å². The normalized spacial score (nSPS) is 13.8. The van der Waals surface area contributed by atoms with Crippen LogP contribution in [0.1, 0.15) is 54.0 Å². The van der Waals surface area contributed by atoms with Crippen molar-refractivity contribution in [1.82, 2.24) is 5.32 Å². The molecule has 10 nitrogen and oxygen atoms in total. The topological polar surface area (TPSA) is 137 Å². The molecule has 1 unspecified atom stereocenters. The van der Waals surface area contributed by atoms with Crippen LogP contribution in [0.15, 0.2) is 18.2 Å². The van der Waals surface area contributed by atoms with E-state index >= 15 is 0 Å². The Kier molecular flexibility index (Phi) is 9.64. The number of esters is 2. The van der Waals surface area contributed by atoms with E-state index in [2.05, 4.69) is 5.32 Å². The molecule has 32 heavy (non-hydrogen) atoms. The second-order valence-electron chi connectivity index (χ2n) is 8.00. The van der Waals surface area contributed by atoms with E-state index in [-0.39, 0.29) is 29.9 Å². The van der Waals surface area contributed by atoms with E-state index < -0.39 is 35.9 Å². The average molecular weight is 453 g/mol. The number of benzene rings is 1. The maximum absolute atomic E-state index is 12.4. The van der Waals surface area contributed by atoms with E-state index in [4.69, 9.17) is 18.9 Å². The lowest BCUT2D eigenvalue weighted by molar-refractivity contribution is -0.168. The van der Waals surface area contributed by atoms with Crippen molar-refractivity contribution < 1.29 is 43.2 Å². The highest BCUT2D eigenvalue weighted by molar-refractivity contribution is 5.80. The number of carbonyl (C=O) groups is 4. The number of ether oxygens (including phenoxy) is 4. The number of carbonyl (C=O) groups excluding carboxylic acids is 3. The molecule has 0 aliphatic heterocycles. The van der Waals surface area contributed by atoms with Crippen molar-refractivity contribution in [2.75, 3.05) is 0 Å². The standard InChI is InChI=1S/C22H31NO9/c1-12(2)14(5)29-21(28)32-22(20(26)27,23-13(3)4)11-17-8-9-18(30-15(6)24)19(10-17)31-16(7)25/h8-10,12-14,23H,11H2,1-7H3,(H,26,27)/t14?,22-/m0/s1. The second kappa shape index (κ2) is 11.5. The Morgan fingerprint density at radius 1 is 0.969 bits per heavy atom. The van der Waals surface area contributed by atoms with Gasteiger partial charge >= 0.3 is 24.1 Å². The van der Waals surface area contributed by atoms with Crippen molar-refractivity contribution in [3.05, 3.63) is 23.8 Å². The summed E-state index contributed by atoms with van der Waals surface area (Å²) >= 11 is 0. The van der Waals surface area contributed by atoms with Crippen molar-refractivity contribution in [2.45, 2.75) is 72.8 Å². The van der Waals surface area contributed by atoms with E-state index in [0.717, 1.165) is 0 Å². The van der Waals surface area contributed by atoms with E-state index in [1.54, 1.807) is 20.8 Å². The molecule has 0 saturated heterocycles. The molecule has 2 N–H and O–H groups in total. The minimum Gasteiger partial charge on any atom is -0.477 e. The Bertz CT molecular complexity index is 850. The quantitative estimate of drug-likeness (QED) is 0.309. The van der Waals surface area contributed by atoms with Crippen LogP contribution in [0.2, 0.25) is 0 Å². The summed E-state index contributed by atoms with van der Waals surface area (Å²) < 4.78 is 20.6. The Morgan fingerprint density at radius 3 is 2.00 bits per heavy atom. The molecule has 1 rings (SSSR count). The molecule has 1 aromatic rings. The lowest BCUT2D eigenvalue weighted by Crippen LogP contribution is -2.59. The molecule has 0 spiro atoms. The smallest absolute Gasteiger partial charge is 0.477 e. The summed E-state index contributed by atoms with van der Waals surface area (Å²) in [7, 11) is 0. The van der Waals surface area contributed by atoms with Gasteiger partial charge in [-0.3, -0.25) is 14.9 Å². The Labute approximate surface area is 187 Å². The van der Waals surface area contributed by atoms with Crippen molar-refractivity contribution in [3.63, 3.8) is 0 Å². The van der Waals surface area contributed by atoms with Gasteiger partial charge in [-0.2, -0.15) is 0 Å². The fraction of sp³-hybridized carbons (Fsp3) is 0.545. The summed E-state index contributed by atoms with van der Waals surface area (Å²) in [5.74, 6) is -2.83. The van der Waals surface area contributed by atoms with Crippen molar-refractivity contribution in [2.24, 2.45) is 5.92 Å². The van der Waals surface area contributed by atoms with Crippen LogP contribution in [0.4, 0.5) is 4.79 Å². The maximum Gasteiger partial charge on any atom is 0.510 e. The molecule has 0 saturated carbocycles. The van der Waals surface area contributed by atoms with Crippen LogP contribution < -0.4 is 14.8 Å². The molecule has 0 aromatic heterocycles. The second-order valence-corrected chi connectivity index (χ2v) is 8.00. The first-order chi connectivity index (χ1) is 14.8. The minimum absolute atomic E-state index is 0.0000517. The number of rotatable bonds is 10. The predicted octanol–water partition coefficient (Wildman–Crippen LogP) is 3.06. The zero-order valence-electron chi connectivity index (χ0n) is 19.4. The molecule has 0 radical (unpaired) electrons. The number of carboxylic acid groups (broad SMARTS) is 1. The largest absolute Gasteiger partial charge is 0.510 e. The Morgan fingerprint density at radius 2 is 1.53 bits per heavy atom. The van der Waals surface area contributed by atoms with E-state index in [0.29, 0.717) is 5.56 Å². The molecule has 0 aliphatic carbocycles. The highest BCUT2D eigenvalue weighted by Crippen LogP contribution is 2.31. The fourth-order valence-electron chi connectivity index (χ4n) is 2.64. The summed E-state index contributed by atoms with van der Waals surface area (Å²) in [5, 5.41) is 12.7. The fourth-order valence-corrected chi connectivity index (χ4v) is 2.64. The zero-order chi connectivity index (χ0) is 24.6. The summed E-state index contributed by atoms with van der Waals surface area (Å²) in [6, 6.07) is 3.78. The first-order valence-corrected chi connectivity index (χ1v) is 10.2. The summed E-state index contributed by atoms with van der Waals surface area (Å²) in [4.78, 5) is 47.4. The van der Waals surface area contributed by atoms with Gasteiger partial charge in [0.15, 0.2) is 11.5 Å². The summed E-state index contributed by atoms with van der Waals surface area (Å²) in [6.07, 6.45) is -1.97. The molecule has 0 bridgehead atoms. The maximum atomic E-state index is 12.4. The lowest BCUT2D eigenvalue weighted by atomic mass is 10.0. The van der Waals surface area contributed by atoms with Gasteiger partial charge < -0.3 is 24.1 Å². The monoisotopic (exact) mass is 453 g/mol. The third-order valence-corrected chi connectivity index (χ3v) is 4.31. The van der Waals surface area contributed by atoms with Gasteiger partial charge in [0.05, 0.1) is 0 Å². The number of aliphatic carboxylic acids is 1. The first kappa shape index (κ1) is 26.9. The Balaban J connectivity index is 3.34. The molecule has 0 amide bonds. The van der Waals surface area contributed by atoms with Gasteiger partial charge in [0.2, 0.25) is 0 Å². The molecular formula is C22H31NO9. The third-order valence-electron chi connectivity index (χ3n) is 4.31. The van der Waals surface area contributed by atoms with Crippen LogP contribution in [0.25, 0.3) is 0 Å². The number of nitrogens with one attached hydrogen (secondary N) is 1. The molecule has 2 atom stereocenters. The summed E-state index contributed by atoms with van der Waals surface area (Å²) in [6.45, 7) is 11.1. The van der Waals surface area contributed by atoms with Gasteiger partial charge in [-0.25, -0.2) is 9.59 Å². The first-order valence-electron chi connectivity index (χ1n) is 10.2. The van der Waals surface area contributed by atoms with Crippen molar-refractivity contribution in [3.8, 4) is 11.5 Å². The number of hydrogen-bond acceptors (Lipinski definition) is 9. The van der Waals surface area contributed by atoms with Gasteiger partial charge in [-0.15, -0.1) is 0 Å². The van der Waals surface area contributed by atoms with Gasteiger partial charge in [0, 0.05) is 26.3 Å². The van der Waals surface area contributed by atoms with Crippen LogP contribution in [-0.2, 0) is 30.3 Å². The SMILES string of the molecule is CC(=O)Oc1ccc(C[C@](NC(C)C)(OC(=O)OC(C)C(C)C)C(=O)O)cc1OC(C)=O. The van der Waals surface area contributed by atoms with Gasteiger partial charge in [0.1, 0.15) is 6.10 Å². The number of carboxylic acids is 1. The van der Waals surface area contributed by atoms with Gasteiger partial charge in [0.25, 0.3) is 5.72 Å². The Hall–Kier alpha value is -3.14. The van der Waals surface area contributed by atoms with E-state index in [9.17, 15) is 24.3 Å². The van der Waals surface area contributed by atoms with Crippen LogP contribution in [0.5, 0.6) is 11.5 Å². The van der Waals surface area contributed by atoms with Crippen LogP contribution in [-0.4, -0.2) is 47.0 Å². The van der Waals surface area contributed by atoms with Crippen LogP contribution >= 0.6 is 0 Å². The van der Waals surface area contributed by atoms with Crippen LogP contribution in [0, 0.1) is 5.92 Å². The molecule has 0 heterocycles. The zero-order valence-corrected chi connectivity index (χ0v) is 19.4. The highest BCUT2D eigenvalue weighted by Gasteiger charge is 2.44. The lowest BCUT2D eigenvalue weighted by Gasteiger charge is -2.32. The van der Waals surface area contributed by atoms with Crippen molar-refractivity contribution in [1.29, 1.82) is 0 Å². The molecule has 0 aliphatic rings. The highest BCUT2D eigenvalue weighted by atomic mass is 16.7. The van der Waals surface area contributed by atoms with Gasteiger partial charge in [-0.05, 0) is 44.4 Å². The summed E-state index contributed by atoms with van der Waals surface area (Å²) in [5.41, 5.74) is -1.84.